The van der Waals surface area contributed by atoms with E-state index in [4.69, 9.17) is 0 Å². The molecule has 0 bridgehead atoms. The molecule has 2 heterocycles. The Morgan fingerprint density at radius 3 is 2.75 bits per heavy atom. The summed E-state index contributed by atoms with van der Waals surface area (Å²) in [6.45, 7) is 4.31. The predicted molar refractivity (Wildman–Crippen MR) is 107 cm³/mol. The summed E-state index contributed by atoms with van der Waals surface area (Å²) in [6, 6.07) is 11.7. The number of nitrogens with zero attached hydrogens (tertiary/aromatic N) is 3. The first-order valence-corrected chi connectivity index (χ1v) is 9.75. The molecule has 0 saturated carbocycles. The minimum atomic E-state index is -0.270. The third-order valence-electron chi connectivity index (χ3n) is 5.33. The minimum Gasteiger partial charge on any atom is -0.341 e. The number of aryl methyl sites for hydroxylation is 1. The van der Waals surface area contributed by atoms with Gasteiger partial charge in [-0.15, -0.1) is 0 Å². The molecular weight excluding hydrogens is 358 g/mol. The van der Waals surface area contributed by atoms with Gasteiger partial charge in [0.1, 0.15) is 11.6 Å². The van der Waals surface area contributed by atoms with Gasteiger partial charge in [0.05, 0.1) is 11.2 Å². The van der Waals surface area contributed by atoms with Gasteiger partial charge in [0.2, 0.25) is 5.95 Å². The summed E-state index contributed by atoms with van der Waals surface area (Å²) >= 11 is 0. The predicted octanol–water partition coefficient (Wildman–Crippen LogP) is 4.37. The van der Waals surface area contributed by atoms with Crippen molar-refractivity contribution in [3.8, 4) is 0 Å². The summed E-state index contributed by atoms with van der Waals surface area (Å²) in [6.07, 6.45) is 3.06. The molecule has 1 fully saturated rings. The fraction of sp³-hybridized carbons (Fsp3) is 0.364. The number of benzene rings is 2. The molecule has 4 nitrogen and oxygen atoms in total. The van der Waals surface area contributed by atoms with Gasteiger partial charge in [-0.2, -0.15) is 0 Å². The van der Waals surface area contributed by atoms with Crippen LogP contribution in [-0.2, 0) is 6.54 Å². The molecule has 1 N–H and O–H groups in total. The van der Waals surface area contributed by atoms with Crippen molar-refractivity contribution < 1.29 is 8.78 Å². The van der Waals surface area contributed by atoms with Crippen LogP contribution in [0.4, 0.5) is 14.7 Å². The molecule has 1 saturated heterocycles. The Morgan fingerprint density at radius 1 is 1.04 bits per heavy atom. The van der Waals surface area contributed by atoms with E-state index in [1.807, 2.05) is 13.0 Å². The van der Waals surface area contributed by atoms with E-state index in [9.17, 15) is 8.78 Å². The highest BCUT2D eigenvalue weighted by Crippen LogP contribution is 2.22. The van der Waals surface area contributed by atoms with Gasteiger partial charge in [-0.05, 0) is 62.1 Å². The second kappa shape index (κ2) is 8.19. The molecular formula is C22H24F2N4. The zero-order valence-corrected chi connectivity index (χ0v) is 16.0. The summed E-state index contributed by atoms with van der Waals surface area (Å²) in [4.78, 5) is 11.5. The van der Waals surface area contributed by atoms with Crippen LogP contribution in [0.1, 0.15) is 30.5 Å². The van der Waals surface area contributed by atoms with Crippen LogP contribution in [0, 0.1) is 18.6 Å². The quantitative estimate of drug-likeness (QED) is 0.728. The molecule has 2 aromatic carbocycles. The Hall–Kier alpha value is -2.60. The Labute approximate surface area is 163 Å². The van der Waals surface area contributed by atoms with Gasteiger partial charge in [-0.25, -0.2) is 18.7 Å². The van der Waals surface area contributed by atoms with Crippen molar-refractivity contribution in [3.05, 3.63) is 65.4 Å². The van der Waals surface area contributed by atoms with Gasteiger partial charge in [-0.3, -0.25) is 0 Å². The van der Waals surface area contributed by atoms with Gasteiger partial charge in [0, 0.05) is 31.1 Å². The molecule has 0 radical (unpaired) electrons. The lowest BCUT2D eigenvalue weighted by atomic mass is 10.1. The highest BCUT2D eigenvalue weighted by molar-refractivity contribution is 5.81. The Balaban J connectivity index is 1.42. The molecule has 6 heteroatoms. The molecule has 1 aromatic heterocycles. The Kier molecular flexibility index (Phi) is 5.48. The van der Waals surface area contributed by atoms with Gasteiger partial charge >= 0.3 is 0 Å². The number of nitrogens with one attached hydrogen (secondary N) is 1. The smallest absolute Gasteiger partial charge is 0.226 e. The molecule has 4 rings (SSSR count). The first-order valence-electron chi connectivity index (χ1n) is 9.75. The fourth-order valence-corrected chi connectivity index (χ4v) is 3.79. The molecule has 1 atom stereocenters. The van der Waals surface area contributed by atoms with Crippen LogP contribution in [-0.4, -0.2) is 29.1 Å². The van der Waals surface area contributed by atoms with E-state index in [-0.39, 0.29) is 11.6 Å². The summed E-state index contributed by atoms with van der Waals surface area (Å²) in [7, 11) is 0. The molecule has 0 spiro atoms. The highest BCUT2D eigenvalue weighted by atomic mass is 19.1. The van der Waals surface area contributed by atoms with Crippen LogP contribution in [0.25, 0.3) is 10.9 Å². The maximum atomic E-state index is 13.5. The van der Waals surface area contributed by atoms with Gasteiger partial charge in [0.25, 0.3) is 0 Å². The number of anilines is 1. The van der Waals surface area contributed by atoms with E-state index in [1.165, 1.54) is 18.2 Å². The Bertz CT molecular complexity index is 976. The average Bonchev–Trinajstić information content (AvgIpc) is 2.93. The van der Waals surface area contributed by atoms with Crippen LogP contribution in [0.5, 0.6) is 0 Å². The lowest BCUT2D eigenvalue weighted by Gasteiger charge is -2.21. The van der Waals surface area contributed by atoms with Crippen molar-refractivity contribution in [3.63, 3.8) is 0 Å². The third kappa shape index (κ3) is 4.28. The van der Waals surface area contributed by atoms with Crippen molar-refractivity contribution >= 4 is 16.9 Å². The number of halogens is 2. The van der Waals surface area contributed by atoms with Crippen LogP contribution >= 0.6 is 0 Å². The fourth-order valence-electron chi connectivity index (χ4n) is 3.79. The molecule has 146 valence electrons. The van der Waals surface area contributed by atoms with E-state index >= 15 is 0 Å². The summed E-state index contributed by atoms with van der Waals surface area (Å²) in [5, 5.41) is 4.31. The van der Waals surface area contributed by atoms with E-state index in [0.717, 1.165) is 54.5 Å². The molecule has 3 aromatic rings. The van der Waals surface area contributed by atoms with Crippen LogP contribution in [0.15, 0.2) is 42.5 Å². The number of hydrogen-bond acceptors (Lipinski definition) is 4. The first kappa shape index (κ1) is 18.7. The zero-order chi connectivity index (χ0) is 19.5. The van der Waals surface area contributed by atoms with Gasteiger partial charge in [0.15, 0.2) is 0 Å². The second-order valence-corrected chi connectivity index (χ2v) is 7.40. The lowest BCUT2D eigenvalue weighted by Crippen LogP contribution is -2.31. The van der Waals surface area contributed by atoms with Crippen molar-refractivity contribution in [2.24, 2.45) is 0 Å². The second-order valence-electron chi connectivity index (χ2n) is 7.40. The van der Waals surface area contributed by atoms with Crippen LogP contribution in [0.3, 0.4) is 0 Å². The first-order chi connectivity index (χ1) is 13.6. The van der Waals surface area contributed by atoms with E-state index < -0.39 is 0 Å². The molecule has 1 aliphatic heterocycles. The SMILES string of the molecule is Cc1nc(N2CCCC(NCc3cccc(F)c3)CC2)nc2ccc(F)cc12. The van der Waals surface area contributed by atoms with Crippen LogP contribution in [0.2, 0.25) is 0 Å². The average molecular weight is 382 g/mol. The molecule has 0 aliphatic carbocycles. The molecule has 0 amide bonds. The van der Waals surface area contributed by atoms with Gasteiger partial charge < -0.3 is 10.2 Å². The number of rotatable bonds is 4. The maximum absolute atomic E-state index is 13.5. The maximum Gasteiger partial charge on any atom is 0.226 e. The van der Waals surface area contributed by atoms with E-state index in [2.05, 4.69) is 20.2 Å². The van der Waals surface area contributed by atoms with E-state index in [1.54, 1.807) is 18.2 Å². The molecule has 1 unspecified atom stereocenters. The Morgan fingerprint density at radius 2 is 1.89 bits per heavy atom. The third-order valence-corrected chi connectivity index (χ3v) is 5.33. The number of hydrogen-bond donors (Lipinski definition) is 1. The largest absolute Gasteiger partial charge is 0.341 e. The zero-order valence-electron chi connectivity index (χ0n) is 16.0. The normalized spacial score (nSPS) is 17.7. The highest BCUT2D eigenvalue weighted by Gasteiger charge is 2.19. The van der Waals surface area contributed by atoms with E-state index in [0.29, 0.717) is 18.5 Å². The molecule has 28 heavy (non-hydrogen) atoms. The minimum absolute atomic E-state index is 0.199. The van der Waals surface area contributed by atoms with Crippen molar-refractivity contribution in [2.45, 2.75) is 38.8 Å². The number of fused-ring (bicyclic) bond motifs is 1. The standard InChI is InChI=1S/C22H24F2N4/c1-15-20-13-18(24)7-8-21(20)27-22(26-15)28-10-3-6-19(9-11-28)25-14-16-4-2-5-17(23)12-16/h2,4-5,7-8,12-13,19,25H,3,6,9-11,14H2,1H3. The van der Waals surface area contributed by atoms with Crippen molar-refractivity contribution in [2.75, 3.05) is 18.0 Å². The number of aromatic nitrogens is 2. The lowest BCUT2D eigenvalue weighted by molar-refractivity contribution is 0.469. The van der Waals surface area contributed by atoms with Crippen molar-refractivity contribution in [1.29, 1.82) is 0 Å². The topological polar surface area (TPSA) is 41.1 Å². The van der Waals surface area contributed by atoms with Gasteiger partial charge in [-0.1, -0.05) is 12.1 Å². The monoisotopic (exact) mass is 382 g/mol. The summed E-state index contributed by atoms with van der Waals surface area (Å²) < 4.78 is 26.8. The van der Waals surface area contributed by atoms with Crippen molar-refractivity contribution in [1.82, 2.24) is 15.3 Å². The molecule has 1 aliphatic rings. The summed E-state index contributed by atoms with van der Waals surface area (Å²) in [5.74, 6) is 0.242. The van der Waals surface area contributed by atoms with Crippen LogP contribution < -0.4 is 10.2 Å². The summed E-state index contributed by atoms with van der Waals surface area (Å²) in [5.41, 5.74) is 2.53.